The van der Waals surface area contributed by atoms with Crippen LogP contribution in [0.3, 0.4) is 0 Å². The molecule has 0 amide bonds. The van der Waals surface area contributed by atoms with E-state index < -0.39 is 11.5 Å². The number of aliphatic carboxylic acids is 1. The molecule has 0 radical (unpaired) electrons. The first-order valence-electron chi connectivity index (χ1n) is 6.78. The van der Waals surface area contributed by atoms with Gasteiger partial charge in [0, 0.05) is 12.7 Å². The highest BCUT2D eigenvalue weighted by atomic mass is 16.4. The third kappa shape index (κ3) is 2.34. The van der Waals surface area contributed by atoms with Gasteiger partial charge in [0.25, 0.3) is 0 Å². The van der Waals surface area contributed by atoms with E-state index in [9.17, 15) is 15.2 Å². The lowest BCUT2D eigenvalue weighted by atomic mass is 9.94. The molecule has 5 nitrogen and oxygen atoms in total. The number of aromatic nitrogens is 1. The van der Waals surface area contributed by atoms with Crippen molar-refractivity contribution in [1.82, 2.24) is 4.98 Å². The minimum absolute atomic E-state index is 0.447. The zero-order valence-corrected chi connectivity index (χ0v) is 12.1. The fourth-order valence-corrected chi connectivity index (χ4v) is 2.37. The van der Waals surface area contributed by atoms with Gasteiger partial charge in [0.05, 0.1) is 5.56 Å². The number of anilines is 1. The van der Waals surface area contributed by atoms with E-state index in [1.165, 1.54) is 0 Å². The van der Waals surface area contributed by atoms with Gasteiger partial charge in [0.15, 0.2) is 0 Å². The van der Waals surface area contributed by atoms with Gasteiger partial charge in [-0.15, -0.1) is 0 Å². The summed E-state index contributed by atoms with van der Waals surface area (Å²) >= 11 is 0. The maximum atomic E-state index is 11.4. The standard InChI is InChI=1S/C15H19N3O2/c1-15(2,14(19)20)18(3)13-11(9-16)8-10-6-4-5-7-12(10)17-13/h8H,4-7H2,1-3H3,(H,19,20). The Labute approximate surface area is 118 Å². The third-order valence-corrected chi connectivity index (χ3v) is 4.08. The number of aryl methyl sites for hydroxylation is 2. The van der Waals surface area contributed by atoms with Gasteiger partial charge in [0.2, 0.25) is 0 Å². The summed E-state index contributed by atoms with van der Waals surface area (Å²) in [6.45, 7) is 3.22. The Morgan fingerprint density at radius 2 is 2.10 bits per heavy atom. The fourth-order valence-electron chi connectivity index (χ4n) is 2.37. The summed E-state index contributed by atoms with van der Waals surface area (Å²) in [5, 5.41) is 18.6. The van der Waals surface area contributed by atoms with Gasteiger partial charge in [0.1, 0.15) is 17.4 Å². The van der Waals surface area contributed by atoms with Gasteiger partial charge in [-0.2, -0.15) is 5.26 Å². The second-order valence-corrected chi connectivity index (χ2v) is 5.71. The van der Waals surface area contributed by atoms with E-state index in [1.807, 2.05) is 6.07 Å². The molecule has 5 heteroatoms. The Hall–Kier alpha value is -2.09. The zero-order chi connectivity index (χ0) is 14.9. The number of pyridine rings is 1. The Morgan fingerprint density at radius 1 is 1.45 bits per heavy atom. The molecular weight excluding hydrogens is 254 g/mol. The van der Waals surface area contributed by atoms with Crippen LogP contribution in [0.2, 0.25) is 0 Å². The van der Waals surface area contributed by atoms with Crippen molar-refractivity contribution in [2.24, 2.45) is 0 Å². The first kappa shape index (κ1) is 14.3. The van der Waals surface area contributed by atoms with E-state index in [1.54, 1.807) is 25.8 Å². The molecular formula is C15H19N3O2. The summed E-state index contributed by atoms with van der Waals surface area (Å²) < 4.78 is 0. The molecule has 0 saturated carbocycles. The maximum absolute atomic E-state index is 11.4. The lowest BCUT2D eigenvalue weighted by Crippen LogP contribution is -2.49. The number of fused-ring (bicyclic) bond motifs is 1. The van der Waals surface area contributed by atoms with E-state index >= 15 is 0 Å². The maximum Gasteiger partial charge on any atom is 0.328 e. The molecule has 0 atom stereocenters. The van der Waals surface area contributed by atoms with E-state index in [4.69, 9.17) is 0 Å². The smallest absolute Gasteiger partial charge is 0.328 e. The van der Waals surface area contributed by atoms with Gasteiger partial charge in [-0.1, -0.05) is 0 Å². The minimum atomic E-state index is -1.11. The molecule has 0 saturated heterocycles. The average molecular weight is 273 g/mol. The van der Waals surface area contributed by atoms with Crippen molar-refractivity contribution < 1.29 is 9.90 Å². The Kier molecular flexibility index (Phi) is 3.67. The highest BCUT2D eigenvalue weighted by Crippen LogP contribution is 2.29. The summed E-state index contributed by atoms with van der Waals surface area (Å²) in [4.78, 5) is 17.5. The summed E-state index contributed by atoms with van der Waals surface area (Å²) in [6.07, 6.45) is 4.06. The molecule has 0 aliphatic heterocycles. The van der Waals surface area contributed by atoms with Gasteiger partial charge >= 0.3 is 5.97 Å². The molecule has 0 bridgehead atoms. The second-order valence-electron chi connectivity index (χ2n) is 5.71. The van der Waals surface area contributed by atoms with Crippen LogP contribution in [0, 0.1) is 11.3 Å². The van der Waals surface area contributed by atoms with Crippen LogP contribution < -0.4 is 4.90 Å². The molecule has 1 N–H and O–H groups in total. The molecule has 0 fully saturated rings. The first-order chi connectivity index (χ1) is 9.37. The molecule has 1 aliphatic carbocycles. The Balaban J connectivity index is 2.51. The molecule has 0 unspecified atom stereocenters. The molecule has 20 heavy (non-hydrogen) atoms. The largest absolute Gasteiger partial charge is 0.480 e. The second kappa shape index (κ2) is 5.12. The summed E-state index contributed by atoms with van der Waals surface area (Å²) in [5.41, 5.74) is 1.46. The van der Waals surface area contributed by atoms with Crippen molar-refractivity contribution in [3.05, 3.63) is 22.9 Å². The Morgan fingerprint density at radius 3 is 2.70 bits per heavy atom. The lowest BCUT2D eigenvalue weighted by Gasteiger charge is -2.33. The number of hydrogen-bond donors (Lipinski definition) is 1. The van der Waals surface area contributed by atoms with Crippen LogP contribution in [0.1, 0.15) is 43.5 Å². The molecule has 1 aromatic rings. The number of nitriles is 1. The molecule has 106 valence electrons. The predicted octanol–water partition coefficient (Wildman–Crippen LogP) is 2.13. The van der Waals surface area contributed by atoms with Crippen LogP contribution in [-0.2, 0) is 17.6 Å². The van der Waals surface area contributed by atoms with Crippen LogP contribution >= 0.6 is 0 Å². The van der Waals surface area contributed by atoms with Gasteiger partial charge in [-0.3, -0.25) is 0 Å². The summed E-state index contributed by atoms with van der Waals surface area (Å²) in [7, 11) is 1.67. The van der Waals surface area contributed by atoms with E-state index in [2.05, 4.69) is 11.1 Å². The van der Waals surface area contributed by atoms with Gasteiger partial charge in [-0.25, -0.2) is 9.78 Å². The van der Waals surface area contributed by atoms with Gasteiger partial charge in [-0.05, 0) is 51.2 Å². The summed E-state index contributed by atoms with van der Waals surface area (Å²) in [6, 6.07) is 4.01. The minimum Gasteiger partial charge on any atom is -0.480 e. The van der Waals surface area contributed by atoms with Crippen molar-refractivity contribution in [3.8, 4) is 6.07 Å². The van der Waals surface area contributed by atoms with E-state index in [-0.39, 0.29) is 0 Å². The fraction of sp³-hybridized carbons (Fsp3) is 0.533. The third-order valence-electron chi connectivity index (χ3n) is 4.08. The highest BCUT2D eigenvalue weighted by molar-refractivity contribution is 5.82. The number of nitrogens with zero attached hydrogens (tertiary/aromatic N) is 3. The van der Waals surface area contributed by atoms with Crippen LogP contribution in [0.15, 0.2) is 6.07 Å². The number of carbonyl (C=O) groups is 1. The SMILES string of the molecule is CN(c1nc2c(cc1C#N)CCCC2)C(C)(C)C(=O)O. The molecule has 0 aromatic carbocycles. The number of carboxylic acid groups (broad SMARTS) is 1. The molecule has 2 rings (SSSR count). The quantitative estimate of drug-likeness (QED) is 0.912. The first-order valence-corrected chi connectivity index (χ1v) is 6.78. The van der Waals surface area contributed by atoms with Crippen molar-refractivity contribution in [1.29, 1.82) is 5.26 Å². The number of rotatable bonds is 3. The van der Waals surface area contributed by atoms with Crippen molar-refractivity contribution in [3.63, 3.8) is 0 Å². The van der Waals surface area contributed by atoms with Crippen molar-refractivity contribution >= 4 is 11.8 Å². The van der Waals surface area contributed by atoms with Crippen molar-refractivity contribution in [2.45, 2.75) is 45.1 Å². The van der Waals surface area contributed by atoms with Crippen LogP contribution in [0.25, 0.3) is 0 Å². The number of hydrogen-bond acceptors (Lipinski definition) is 4. The lowest BCUT2D eigenvalue weighted by molar-refractivity contribution is -0.142. The molecule has 0 spiro atoms. The highest BCUT2D eigenvalue weighted by Gasteiger charge is 2.34. The van der Waals surface area contributed by atoms with Crippen LogP contribution in [0.4, 0.5) is 5.82 Å². The monoisotopic (exact) mass is 273 g/mol. The van der Waals surface area contributed by atoms with Gasteiger partial charge < -0.3 is 10.0 Å². The molecule has 1 heterocycles. The number of likely N-dealkylation sites (N-methyl/N-ethyl adjacent to an activating group) is 1. The predicted molar refractivity (Wildman–Crippen MR) is 75.7 cm³/mol. The molecule has 1 aliphatic rings. The topological polar surface area (TPSA) is 77.2 Å². The molecule has 1 aromatic heterocycles. The van der Waals surface area contributed by atoms with Crippen LogP contribution in [-0.4, -0.2) is 28.6 Å². The average Bonchev–Trinajstić information content (AvgIpc) is 2.44. The summed E-state index contributed by atoms with van der Waals surface area (Å²) in [5.74, 6) is -0.482. The normalized spacial score (nSPS) is 14.3. The van der Waals surface area contributed by atoms with Crippen LogP contribution in [0.5, 0.6) is 0 Å². The Bertz CT molecular complexity index is 588. The zero-order valence-electron chi connectivity index (χ0n) is 12.1. The number of carboxylic acids is 1. The van der Waals surface area contributed by atoms with E-state index in [0.29, 0.717) is 11.4 Å². The van der Waals surface area contributed by atoms with E-state index in [0.717, 1.165) is 36.9 Å². The van der Waals surface area contributed by atoms with Crippen molar-refractivity contribution in [2.75, 3.05) is 11.9 Å².